The van der Waals surface area contributed by atoms with Crippen molar-refractivity contribution < 1.29 is 39.0 Å². The van der Waals surface area contributed by atoms with Crippen molar-refractivity contribution in [3.63, 3.8) is 0 Å². The van der Waals surface area contributed by atoms with Crippen molar-refractivity contribution in [1.29, 1.82) is 0 Å². The standard InChI is InChI=1S/C16H28N6O8/c1-7(20-14(27)8(17)2-4-11(18)24)13(26)22-10(6-23)15(28)21-9(16(29)30)3-5-12(19)25/h7-10,23H,2-6,17H2,1H3,(H2,18,24)(H2,19,25)(H,20,27)(H,21,28)(H,22,26)(H,29,30). The minimum atomic E-state index is -1.52. The number of hydrogen-bond donors (Lipinski definition) is 8. The lowest BCUT2D eigenvalue weighted by atomic mass is 10.1. The summed E-state index contributed by atoms with van der Waals surface area (Å²) >= 11 is 0. The molecule has 5 amide bonds. The van der Waals surface area contributed by atoms with Crippen LogP contribution in [-0.2, 0) is 28.8 Å². The number of aliphatic hydroxyl groups is 1. The lowest BCUT2D eigenvalue weighted by molar-refractivity contribution is -0.143. The summed E-state index contributed by atoms with van der Waals surface area (Å²) < 4.78 is 0. The summed E-state index contributed by atoms with van der Waals surface area (Å²) in [5.74, 6) is -5.44. The van der Waals surface area contributed by atoms with E-state index in [0.29, 0.717) is 0 Å². The number of carbonyl (C=O) groups excluding carboxylic acids is 5. The van der Waals surface area contributed by atoms with Gasteiger partial charge in [-0.1, -0.05) is 0 Å². The Morgan fingerprint density at radius 3 is 1.77 bits per heavy atom. The highest BCUT2D eigenvalue weighted by atomic mass is 16.4. The van der Waals surface area contributed by atoms with Crippen molar-refractivity contribution in [2.45, 2.75) is 56.8 Å². The average molecular weight is 432 g/mol. The molecule has 0 saturated heterocycles. The molecule has 4 atom stereocenters. The van der Waals surface area contributed by atoms with Gasteiger partial charge >= 0.3 is 5.97 Å². The molecule has 0 saturated carbocycles. The summed E-state index contributed by atoms with van der Waals surface area (Å²) in [5.41, 5.74) is 15.5. The van der Waals surface area contributed by atoms with Gasteiger partial charge in [-0.3, -0.25) is 24.0 Å². The molecule has 0 bridgehead atoms. The van der Waals surface area contributed by atoms with E-state index in [1.54, 1.807) is 0 Å². The van der Waals surface area contributed by atoms with Gasteiger partial charge in [0.05, 0.1) is 12.6 Å². The Hall–Kier alpha value is -3.26. The first-order chi connectivity index (χ1) is 13.9. The number of carbonyl (C=O) groups is 6. The predicted octanol–water partition coefficient (Wildman–Crippen LogP) is -4.60. The first kappa shape index (κ1) is 26.7. The first-order valence-corrected chi connectivity index (χ1v) is 8.96. The molecular weight excluding hydrogens is 404 g/mol. The molecule has 170 valence electrons. The quantitative estimate of drug-likeness (QED) is 0.131. The van der Waals surface area contributed by atoms with E-state index in [0.717, 1.165) is 0 Å². The van der Waals surface area contributed by atoms with E-state index in [1.165, 1.54) is 6.92 Å². The molecule has 0 spiro atoms. The van der Waals surface area contributed by atoms with Gasteiger partial charge in [-0.2, -0.15) is 0 Å². The maximum absolute atomic E-state index is 12.2. The van der Waals surface area contributed by atoms with Crippen LogP contribution in [0.25, 0.3) is 0 Å². The fraction of sp³-hybridized carbons (Fsp3) is 0.625. The first-order valence-electron chi connectivity index (χ1n) is 8.96. The van der Waals surface area contributed by atoms with Gasteiger partial charge in [-0.05, 0) is 19.8 Å². The van der Waals surface area contributed by atoms with Gasteiger partial charge < -0.3 is 43.4 Å². The van der Waals surface area contributed by atoms with E-state index in [9.17, 15) is 33.9 Å². The maximum Gasteiger partial charge on any atom is 0.326 e. The van der Waals surface area contributed by atoms with Gasteiger partial charge in [0.1, 0.15) is 18.1 Å². The lowest BCUT2D eigenvalue weighted by Crippen LogP contribution is -2.57. The second-order valence-electron chi connectivity index (χ2n) is 6.49. The van der Waals surface area contributed by atoms with E-state index in [4.69, 9.17) is 22.3 Å². The number of aliphatic hydroxyl groups excluding tert-OH is 1. The molecule has 0 aliphatic rings. The van der Waals surface area contributed by atoms with E-state index >= 15 is 0 Å². The van der Waals surface area contributed by atoms with Crippen LogP contribution in [0.1, 0.15) is 32.6 Å². The third kappa shape index (κ3) is 10.3. The molecule has 0 aliphatic carbocycles. The number of amides is 5. The number of carboxylic acid groups (broad SMARTS) is 1. The molecule has 14 nitrogen and oxygen atoms in total. The number of nitrogens with one attached hydrogen (secondary N) is 3. The zero-order valence-electron chi connectivity index (χ0n) is 16.4. The van der Waals surface area contributed by atoms with Crippen LogP contribution in [0.3, 0.4) is 0 Å². The highest BCUT2D eigenvalue weighted by molar-refractivity contribution is 5.94. The van der Waals surface area contributed by atoms with Crippen LogP contribution in [0.5, 0.6) is 0 Å². The topological polar surface area (TPSA) is 257 Å². The summed E-state index contributed by atoms with van der Waals surface area (Å²) in [4.78, 5) is 68.9. The predicted molar refractivity (Wildman–Crippen MR) is 101 cm³/mol. The van der Waals surface area contributed by atoms with Gasteiger partial charge in [-0.15, -0.1) is 0 Å². The minimum Gasteiger partial charge on any atom is -0.480 e. The highest BCUT2D eigenvalue weighted by Gasteiger charge is 2.28. The smallest absolute Gasteiger partial charge is 0.326 e. The summed E-state index contributed by atoms with van der Waals surface area (Å²) in [7, 11) is 0. The third-order valence-electron chi connectivity index (χ3n) is 3.90. The molecule has 0 radical (unpaired) electrons. The molecule has 0 aromatic rings. The molecule has 0 rings (SSSR count). The van der Waals surface area contributed by atoms with Crippen LogP contribution < -0.4 is 33.2 Å². The van der Waals surface area contributed by atoms with Crippen LogP contribution in [0.4, 0.5) is 0 Å². The molecule has 0 aliphatic heterocycles. The van der Waals surface area contributed by atoms with Crippen LogP contribution in [0.2, 0.25) is 0 Å². The van der Waals surface area contributed by atoms with E-state index in [-0.39, 0.29) is 25.7 Å². The van der Waals surface area contributed by atoms with Gasteiger partial charge in [0.25, 0.3) is 0 Å². The second-order valence-corrected chi connectivity index (χ2v) is 6.49. The monoisotopic (exact) mass is 432 g/mol. The SMILES string of the molecule is CC(NC(=O)C(N)CCC(N)=O)C(=O)NC(CO)C(=O)NC(CCC(N)=O)C(=O)O. The van der Waals surface area contributed by atoms with Crippen molar-refractivity contribution in [3.8, 4) is 0 Å². The second kappa shape index (κ2) is 13.1. The van der Waals surface area contributed by atoms with Crippen molar-refractivity contribution >= 4 is 35.5 Å². The lowest BCUT2D eigenvalue weighted by Gasteiger charge is -2.22. The molecule has 11 N–H and O–H groups in total. The Morgan fingerprint density at radius 2 is 1.30 bits per heavy atom. The zero-order chi connectivity index (χ0) is 23.4. The van der Waals surface area contributed by atoms with Crippen LogP contribution in [0, 0.1) is 0 Å². The van der Waals surface area contributed by atoms with E-state index in [1.807, 2.05) is 0 Å². The number of primary amides is 2. The summed E-state index contributed by atoms with van der Waals surface area (Å²) in [6.45, 7) is 0.422. The van der Waals surface area contributed by atoms with Gasteiger partial charge in [-0.25, -0.2) is 4.79 Å². The normalized spacial score (nSPS) is 14.5. The van der Waals surface area contributed by atoms with Crippen LogP contribution in [0.15, 0.2) is 0 Å². The molecule has 14 heteroatoms. The molecular formula is C16H28N6O8. The molecule has 30 heavy (non-hydrogen) atoms. The number of hydrogen-bond acceptors (Lipinski definition) is 8. The van der Waals surface area contributed by atoms with Crippen LogP contribution in [-0.4, -0.2) is 76.5 Å². The fourth-order valence-corrected chi connectivity index (χ4v) is 2.12. The Bertz CT molecular complexity index is 670. The highest BCUT2D eigenvalue weighted by Crippen LogP contribution is 2.00. The maximum atomic E-state index is 12.2. The summed E-state index contributed by atoms with van der Waals surface area (Å²) in [6, 6.07) is -5.23. The Balaban J connectivity index is 4.80. The molecule has 0 heterocycles. The number of rotatable bonds is 14. The summed E-state index contributed by atoms with van der Waals surface area (Å²) in [5, 5.41) is 24.9. The van der Waals surface area contributed by atoms with Crippen molar-refractivity contribution in [1.82, 2.24) is 16.0 Å². The number of nitrogens with two attached hydrogens (primary N) is 3. The molecule has 0 aromatic carbocycles. The molecule has 0 fully saturated rings. The van der Waals surface area contributed by atoms with E-state index in [2.05, 4.69) is 16.0 Å². The van der Waals surface area contributed by atoms with Crippen LogP contribution >= 0.6 is 0 Å². The summed E-state index contributed by atoms with van der Waals surface area (Å²) in [6.07, 6.45) is -0.730. The van der Waals surface area contributed by atoms with Gasteiger partial charge in [0.15, 0.2) is 0 Å². The van der Waals surface area contributed by atoms with Crippen molar-refractivity contribution in [2.24, 2.45) is 17.2 Å². The third-order valence-corrected chi connectivity index (χ3v) is 3.90. The van der Waals surface area contributed by atoms with Crippen molar-refractivity contribution in [3.05, 3.63) is 0 Å². The Kier molecular flexibility index (Phi) is 11.6. The molecule has 4 unspecified atom stereocenters. The van der Waals surface area contributed by atoms with E-state index < -0.39 is 66.3 Å². The van der Waals surface area contributed by atoms with Gasteiger partial charge in [0, 0.05) is 12.8 Å². The zero-order valence-corrected chi connectivity index (χ0v) is 16.4. The molecule has 0 aromatic heterocycles. The minimum absolute atomic E-state index is 0.0287. The Morgan fingerprint density at radius 1 is 0.800 bits per heavy atom. The Labute approximate surface area is 171 Å². The average Bonchev–Trinajstić information content (AvgIpc) is 2.66. The number of carboxylic acids is 1. The van der Waals surface area contributed by atoms with Crippen molar-refractivity contribution in [2.75, 3.05) is 6.61 Å². The largest absolute Gasteiger partial charge is 0.480 e. The number of aliphatic carboxylic acids is 1. The fourth-order valence-electron chi connectivity index (χ4n) is 2.12. The van der Waals surface area contributed by atoms with Gasteiger partial charge in [0.2, 0.25) is 29.5 Å².